The molecule has 96 valence electrons. The number of carboxylic acid groups (broad SMARTS) is 1. The zero-order valence-corrected chi connectivity index (χ0v) is 9.46. The molecule has 0 spiro atoms. The topological polar surface area (TPSA) is 82.1 Å². The van der Waals surface area contributed by atoms with Crippen molar-refractivity contribution in [1.29, 1.82) is 0 Å². The van der Waals surface area contributed by atoms with Crippen molar-refractivity contribution < 1.29 is 28.9 Å². The summed E-state index contributed by atoms with van der Waals surface area (Å²) in [6, 6.07) is 0. The molecular weight excluding hydrogens is 228 g/mol. The molecular formula is C11H16O6. The van der Waals surface area contributed by atoms with Crippen molar-refractivity contribution in [2.24, 2.45) is 0 Å². The highest BCUT2D eigenvalue weighted by Crippen LogP contribution is 2.28. The Morgan fingerprint density at radius 3 is 2.88 bits per heavy atom. The Morgan fingerprint density at radius 2 is 2.12 bits per heavy atom. The molecule has 0 saturated carbocycles. The first kappa shape index (κ1) is 12.3. The Balaban J connectivity index is 1.70. The molecule has 1 N–H and O–H groups in total. The molecule has 2 aliphatic rings. The van der Waals surface area contributed by atoms with Gasteiger partial charge in [-0.3, -0.25) is 9.59 Å². The Bertz CT molecular complexity index is 302. The number of hydrogen-bond acceptors (Lipinski definition) is 5. The second kappa shape index (κ2) is 5.46. The summed E-state index contributed by atoms with van der Waals surface area (Å²) >= 11 is 0. The van der Waals surface area contributed by atoms with Gasteiger partial charge in [0.1, 0.15) is 6.10 Å². The summed E-state index contributed by atoms with van der Waals surface area (Å²) < 4.78 is 16.1. The maximum absolute atomic E-state index is 11.4. The molecule has 0 radical (unpaired) electrons. The summed E-state index contributed by atoms with van der Waals surface area (Å²) in [7, 11) is 0. The monoisotopic (exact) mass is 244 g/mol. The molecule has 6 nitrogen and oxygen atoms in total. The highest BCUT2D eigenvalue weighted by atomic mass is 16.6. The average Bonchev–Trinajstić information content (AvgIpc) is 2.82. The fourth-order valence-electron chi connectivity index (χ4n) is 2.14. The van der Waals surface area contributed by atoms with Gasteiger partial charge in [0.2, 0.25) is 0 Å². The second-order valence-corrected chi connectivity index (χ2v) is 4.27. The first-order valence-corrected chi connectivity index (χ1v) is 5.81. The summed E-state index contributed by atoms with van der Waals surface area (Å²) in [4.78, 5) is 21.7. The van der Waals surface area contributed by atoms with Crippen molar-refractivity contribution >= 4 is 11.9 Å². The van der Waals surface area contributed by atoms with Gasteiger partial charge in [0.15, 0.2) is 6.10 Å². The first-order valence-electron chi connectivity index (χ1n) is 5.81. The van der Waals surface area contributed by atoms with Crippen molar-refractivity contribution in [2.45, 2.75) is 44.0 Å². The number of rotatable bonds is 5. The number of carbonyl (C=O) groups excluding carboxylic acids is 1. The molecule has 0 bridgehead atoms. The van der Waals surface area contributed by atoms with Crippen LogP contribution in [0.15, 0.2) is 0 Å². The Hall–Kier alpha value is -1.14. The van der Waals surface area contributed by atoms with E-state index in [-0.39, 0.29) is 37.1 Å². The molecule has 0 aromatic carbocycles. The predicted molar refractivity (Wildman–Crippen MR) is 55.5 cm³/mol. The van der Waals surface area contributed by atoms with Crippen molar-refractivity contribution in [2.75, 3.05) is 13.2 Å². The standard InChI is InChI=1S/C11H16O6/c12-9(13)2-1-3-10(14)17-8-6-16-7-4-5-15-11(7)8/h7-8,11H,1-6H2,(H,12,13)/t7-,8?,11+/m1/s1. The highest BCUT2D eigenvalue weighted by Gasteiger charge is 2.43. The van der Waals surface area contributed by atoms with Crippen LogP contribution in [0.2, 0.25) is 0 Å². The molecule has 2 saturated heterocycles. The van der Waals surface area contributed by atoms with Gasteiger partial charge in [0.25, 0.3) is 0 Å². The zero-order chi connectivity index (χ0) is 12.3. The van der Waals surface area contributed by atoms with E-state index < -0.39 is 5.97 Å². The summed E-state index contributed by atoms with van der Waals surface area (Å²) in [5.41, 5.74) is 0. The van der Waals surface area contributed by atoms with E-state index >= 15 is 0 Å². The van der Waals surface area contributed by atoms with Crippen LogP contribution in [-0.2, 0) is 23.8 Å². The summed E-state index contributed by atoms with van der Waals surface area (Å²) in [5.74, 6) is -1.28. The van der Waals surface area contributed by atoms with Gasteiger partial charge in [-0.05, 0) is 12.8 Å². The molecule has 0 amide bonds. The lowest BCUT2D eigenvalue weighted by Gasteiger charge is -2.16. The van der Waals surface area contributed by atoms with Gasteiger partial charge >= 0.3 is 11.9 Å². The van der Waals surface area contributed by atoms with E-state index in [1.54, 1.807) is 0 Å². The van der Waals surface area contributed by atoms with Crippen molar-refractivity contribution in [3.63, 3.8) is 0 Å². The Kier molecular flexibility index (Phi) is 3.96. The number of esters is 1. The Labute approximate surface area is 98.8 Å². The lowest BCUT2D eigenvalue weighted by molar-refractivity contribution is -0.153. The highest BCUT2D eigenvalue weighted by molar-refractivity contribution is 5.71. The maximum Gasteiger partial charge on any atom is 0.306 e. The zero-order valence-electron chi connectivity index (χ0n) is 9.46. The van der Waals surface area contributed by atoms with E-state index in [0.717, 1.165) is 6.42 Å². The lowest BCUT2D eigenvalue weighted by atomic mass is 10.1. The fraction of sp³-hybridized carbons (Fsp3) is 0.818. The van der Waals surface area contributed by atoms with E-state index in [2.05, 4.69) is 0 Å². The van der Waals surface area contributed by atoms with E-state index in [4.69, 9.17) is 19.3 Å². The molecule has 2 rings (SSSR count). The van der Waals surface area contributed by atoms with E-state index in [1.165, 1.54) is 0 Å². The predicted octanol–water partition coefficient (Wildman–Crippen LogP) is 0.341. The number of carboxylic acids is 1. The third-order valence-corrected chi connectivity index (χ3v) is 2.97. The first-order chi connectivity index (χ1) is 8.16. The van der Waals surface area contributed by atoms with Gasteiger partial charge in [0, 0.05) is 19.4 Å². The smallest absolute Gasteiger partial charge is 0.306 e. The lowest BCUT2D eigenvalue weighted by Crippen LogP contribution is -2.32. The molecule has 2 aliphatic heterocycles. The minimum atomic E-state index is -0.902. The number of fused-ring (bicyclic) bond motifs is 1. The maximum atomic E-state index is 11.4. The molecule has 6 heteroatoms. The van der Waals surface area contributed by atoms with Crippen LogP contribution in [0, 0.1) is 0 Å². The summed E-state index contributed by atoms with van der Waals surface area (Å²) in [5, 5.41) is 8.44. The molecule has 0 aromatic heterocycles. The fourth-order valence-corrected chi connectivity index (χ4v) is 2.14. The van der Waals surface area contributed by atoms with Crippen LogP contribution in [-0.4, -0.2) is 48.6 Å². The van der Waals surface area contributed by atoms with Crippen molar-refractivity contribution in [3.8, 4) is 0 Å². The average molecular weight is 244 g/mol. The minimum Gasteiger partial charge on any atom is -0.481 e. The van der Waals surface area contributed by atoms with Crippen LogP contribution in [0.3, 0.4) is 0 Å². The van der Waals surface area contributed by atoms with Crippen LogP contribution in [0.1, 0.15) is 25.7 Å². The van der Waals surface area contributed by atoms with Gasteiger partial charge in [0.05, 0.1) is 12.7 Å². The summed E-state index contributed by atoms with van der Waals surface area (Å²) in [6.07, 6.45) is 0.832. The van der Waals surface area contributed by atoms with Gasteiger partial charge in [-0.2, -0.15) is 0 Å². The molecule has 2 fully saturated rings. The molecule has 0 aliphatic carbocycles. The van der Waals surface area contributed by atoms with Gasteiger partial charge in [-0.25, -0.2) is 0 Å². The largest absolute Gasteiger partial charge is 0.481 e. The van der Waals surface area contributed by atoms with E-state index in [1.807, 2.05) is 0 Å². The Morgan fingerprint density at radius 1 is 1.29 bits per heavy atom. The van der Waals surface area contributed by atoms with Gasteiger partial charge in [-0.15, -0.1) is 0 Å². The molecule has 0 aromatic rings. The third-order valence-electron chi connectivity index (χ3n) is 2.97. The summed E-state index contributed by atoms with van der Waals surface area (Å²) in [6.45, 7) is 1.02. The molecule has 1 unspecified atom stereocenters. The second-order valence-electron chi connectivity index (χ2n) is 4.27. The van der Waals surface area contributed by atoms with Crippen LogP contribution < -0.4 is 0 Å². The van der Waals surface area contributed by atoms with Crippen LogP contribution in [0.4, 0.5) is 0 Å². The molecule has 3 atom stereocenters. The SMILES string of the molecule is O=C(O)CCCC(=O)OC1CO[C@@H]2CCO[C@H]12. The molecule has 2 heterocycles. The van der Waals surface area contributed by atoms with Crippen molar-refractivity contribution in [3.05, 3.63) is 0 Å². The van der Waals surface area contributed by atoms with Crippen LogP contribution >= 0.6 is 0 Å². The van der Waals surface area contributed by atoms with E-state index in [9.17, 15) is 9.59 Å². The number of aliphatic carboxylic acids is 1. The quantitative estimate of drug-likeness (QED) is 0.702. The minimum absolute atomic E-state index is 0.0151. The third kappa shape index (κ3) is 3.17. The number of carbonyl (C=O) groups is 2. The number of ether oxygens (including phenoxy) is 3. The normalized spacial score (nSPS) is 31.2. The molecule has 17 heavy (non-hydrogen) atoms. The van der Waals surface area contributed by atoms with E-state index in [0.29, 0.717) is 19.6 Å². The van der Waals surface area contributed by atoms with Crippen LogP contribution in [0.5, 0.6) is 0 Å². The van der Waals surface area contributed by atoms with Gasteiger partial charge < -0.3 is 19.3 Å². The number of hydrogen-bond donors (Lipinski definition) is 1. The van der Waals surface area contributed by atoms with Crippen molar-refractivity contribution in [1.82, 2.24) is 0 Å². The van der Waals surface area contributed by atoms with Gasteiger partial charge in [-0.1, -0.05) is 0 Å². The van der Waals surface area contributed by atoms with Crippen LogP contribution in [0.25, 0.3) is 0 Å².